The third-order valence-electron chi connectivity index (χ3n) is 4.77. The number of pyridine rings is 1. The van der Waals surface area contributed by atoms with Gasteiger partial charge in [-0.1, -0.05) is 19.6 Å². The van der Waals surface area contributed by atoms with Gasteiger partial charge in [0.05, 0.1) is 17.2 Å². The number of carbonyl (C=O) groups is 1. The second-order valence-electron chi connectivity index (χ2n) is 7.07. The highest BCUT2D eigenvalue weighted by atomic mass is 19.4. The quantitative estimate of drug-likeness (QED) is 0.365. The number of carbonyl (C=O) groups excluding carboxylic acids is 1. The Hall–Kier alpha value is -4.58. The van der Waals surface area contributed by atoms with Crippen LogP contribution in [0.15, 0.2) is 72.9 Å². The molecule has 0 unspecified atom stereocenters. The number of rotatable bonds is 4. The molecule has 0 atom stereocenters. The van der Waals surface area contributed by atoms with E-state index >= 15 is 0 Å². The van der Waals surface area contributed by atoms with Crippen molar-refractivity contribution in [3.8, 4) is 17.6 Å². The average Bonchev–Trinajstić information content (AvgIpc) is 2.78. The number of hydrogen-bond acceptors (Lipinski definition) is 5. The number of nitrogens with zero attached hydrogens (tertiary/aromatic N) is 2. The van der Waals surface area contributed by atoms with Gasteiger partial charge in [0.25, 0.3) is 5.91 Å². The number of hydrogen-bond donors (Lipinski definition) is 2. The molecule has 0 spiro atoms. The zero-order chi connectivity index (χ0) is 23.6. The van der Waals surface area contributed by atoms with E-state index < -0.39 is 23.2 Å². The molecule has 0 bridgehead atoms. The van der Waals surface area contributed by atoms with E-state index in [1.165, 1.54) is 18.3 Å². The van der Waals surface area contributed by atoms with Gasteiger partial charge in [0.1, 0.15) is 17.3 Å². The van der Waals surface area contributed by atoms with Gasteiger partial charge in [-0.3, -0.25) is 4.79 Å². The lowest BCUT2D eigenvalue weighted by molar-refractivity contribution is -0.137. The second kappa shape index (κ2) is 9.50. The minimum absolute atomic E-state index is 0. The van der Waals surface area contributed by atoms with Crippen LogP contribution in [0, 0.1) is 11.3 Å². The molecular formula is C25H19F3N4O2. The molecule has 9 heteroatoms. The Labute approximate surface area is 193 Å². The number of fused-ring (bicyclic) bond motifs is 1. The lowest BCUT2D eigenvalue weighted by Crippen LogP contribution is -2.14. The smallest absolute Gasteiger partial charge is 0.417 e. The maximum Gasteiger partial charge on any atom is 0.417 e. The Morgan fingerprint density at radius 1 is 0.971 bits per heavy atom. The van der Waals surface area contributed by atoms with Gasteiger partial charge in [-0.25, -0.2) is 4.98 Å². The van der Waals surface area contributed by atoms with E-state index in [1.807, 2.05) is 6.07 Å². The van der Waals surface area contributed by atoms with Crippen LogP contribution in [0.1, 0.15) is 28.9 Å². The highest BCUT2D eigenvalue weighted by Crippen LogP contribution is 2.34. The molecule has 0 saturated heterocycles. The molecule has 0 fully saturated rings. The number of benzene rings is 3. The molecule has 34 heavy (non-hydrogen) atoms. The molecule has 0 saturated carbocycles. The second-order valence-corrected chi connectivity index (χ2v) is 7.07. The number of aromatic nitrogens is 1. The fourth-order valence-electron chi connectivity index (χ4n) is 3.21. The SMILES string of the molecule is C.N#Cc1ccc(NC(=O)c2ccc3ccc(Oc4ccnc(N)c4)cc3c2)cc1C(F)(F)F. The lowest BCUT2D eigenvalue weighted by atomic mass is 10.1. The maximum absolute atomic E-state index is 13.2. The van der Waals surface area contributed by atoms with Crippen molar-refractivity contribution in [2.75, 3.05) is 11.1 Å². The Morgan fingerprint density at radius 2 is 1.71 bits per heavy atom. The van der Waals surface area contributed by atoms with Gasteiger partial charge in [0, 0.05) is 23.5 Å². The fraction of sp³-hybridized carbons (Fsp3) is 0.0800. The van der Waals surface area contributed by atoms with E-state index in [0.29, 0.717) is 22.7 Å². The first-order valence-electron chi connectivity index (χ1n) is 9.59. The predicted molar refractivity (Wildman–Crippen MR) is 124 cm³/mol. The van der Waals surface area contributed by atoms with Crippen LogP contribution in [0.2, 0.25) is 0 Å². The van der Waals surface area contributed by atoms with E-state index in [2.05, 4.69) is 10.3 Å². The molecule has 1 aromatic heterocycles. The average molecular weight is 464 g/mol. The van der Waals surface area contributed by atoms with Crippen molar-refractivity contribution in [1.29, 1.82) is 5.26 Å². The van der Waals surface area contributed by atoms with Crippen molar-refractivity contribution in [3.63, 3.8) is 0 Å². The van der Waals surface area contributed by atoms with Gasteiger partial charge in [0.2, 0.25) is 0 Å². The van der Waals surface area contributed by atoms with E-state index in [1.54, 1.807) is 42.5 Å². The van der Waals surface area contributed by atoms with E-state index in [-0.39, 0.29) is 18.7 Å². The van der Waals surface area contributed by atoms with Gasteiger partial charge in [-0.05, 0) is 59.3 Å². The molecule has 1 heterocycles. The van der Waals surface area contributed by atoms with Crippen LogP contribution in [0.4, 0.5) is 24.7 Å². The first-order valence-corrected chi connectivity index (χ1v) is 9.59. The molecule has 0 aliphatic carbocycles. The third-order valence-corrected chi connectivity index (χ3v) is 4.77. The lowest BCUT2D eigenvalue weighted by Gasteiger charge is -2.12. The normalized spacial score (nSPS) is 10.8. The van der Waals surface area contributed by atoms with Crippen molar-refractivity contribution in [2.24, 2.45) is 0 Å². The minimum atomic E-state index is -4.72. The van der Waals surface area contributed by atoms with Crippen molar-refractivity contribution in [2.45, 2.75) is 13.6 Å². The number of halogens is 3. The largest absolute Gasteiger partial charge is 0.457 e. The molecule has 172 valence electrons. The van der Waals surface area contributed by atoms with Crippen molar-refractivity contribution < 1.29 is 22.7 Å². The Bertz CT molecular complexity index is 1410. The Morgan fingerprint density at radius 3 is 2.41 bits per heavy atom. The third kappa shape index (κ3) is 5.24. The summed E-state index contributed by atoms with van der Waals surface area (Å²) in [5.41, 5.74) is 4.20. The molecule has 0 aliphatic rings. The molecule has 3 N–H and O–H groups in total. The van der Waals surface area contributed by atoms with Crippen LogP contribution in [0.5, 0.6) is 11.5 Å². The van der Waals surface area contributed by atoms with Crippen LogP contribution < -0.4 is 15.8 Å². The van der Waals surface area contributed by atoms with Crippen LogP contribution >= 0.6 is 0 Å². The van der Waals surface area contributed by atoms with Crippen LogP contribution in [-0.4, -0.2) is 10.9 Å². The van der Waals surface area contributed by atoms with E-state index in [0.717, 1.165) is 17.5 Å². The highest BCUT2D eigenvalue weighted by molar-refractivity contribution is 6.06. The zero-order valence-corrected chi connectivity index (χ0v) is 16.9. The number of alkyl halides is 3. The van der Waals surface area contributed by atoms with Crippen LogP contribution in [0.25, 0.3) is 10.8 Å². The number of anilines is 2. The van der Waals surface area contributed by atoms with Gasteiger partial charge >= 0.3 is 6.18 Å². The number of nitrogens with one attached hydrogen (secondary N) is 1. The first-order chi connectivity index (χ1) is 15.7. The van der Waals surface area contributed by atoms with Gasteiger partial charge in [-0.2, -0.15) is 18.4 Å². The minimum Gasteiger partial charge on any atom is -0.457 e. The predicted octanol–water partition coefficient (Wildman–Crippen LogP) is 6.39. The molecule has 4 aromatic rings. The topological polar surface area (TPSA) is 101 Å². The van der Waals surface area contributed by atoms with Crippen molar-refractivity contribution in [1.82, 2.24) is 4.98 Å². The summed E-state index contributed by atoms with van der Waals surface area (Å²) in [6, 6.07) is 17.9. The van der Waals surface area contributed by atoms with Crippen LogP contribution in [-0.2, 0) is 6.18 Å². The van der Waals surface area contributed by atoms with Crippen LogP contribution in [0.3, 0.4) is 0 Å². The van der Waals surface area contributed by atoms with Gasteiger partial charge in [-0.15, -0.1) is 0 Å². The van der Waals surface area contributed by atoms with E-state index in [9.17, 15) is 18.0 Å². The van der Waals surface area contributed by atoms with Gasteiger partial charge in [0.15, 0.2) is 0 Å². The molecule has 3 aromatic carbocycles. The summed E-state index contributed by atoms with van der Waals surface area (Å²) in [5, 5.41) is 12.9. The fourth-order valence-corrected chi connectivity index (χ4v) is 3.21. The van der Waals surface area contributed by atoms with Crippen molar-refractivity contribution >= 4 is 28.2 Å². The molecule has 0 radical (unpaired) electrons. The highest BCUT2D eigenvalue weighted by Gasteiger charge is 2.34. The Kier molecular flexibility index (Phi) is 6.73. The maximum atomic E-state index is 13.2. The summed E-state index contributed by atoms with van der Waals surface area (Å²) in [6.45, 7) is 0. The molecule has 4 rings (SSSR count). The summed E-state index contributed by atoms with van der Waals surface area (Å²) < 4.78 is 45.3. The zero-order valence-electron chi connectivity index (χ0n) is 16.9. The van der Waals surface area contributed by atoms with E-state index in [4.69, 9.17) is 15.7 Å². The molecule has 0 aliphatic heterocycles. The number of ether oxygens (including phenoxy) is 1. The standard InChI is InChI=1S/C24H15F3N4O2.CH4/c25-24(26,27)21-11-18(5-3-16(21)13-28)31-23(32)15-2-1-14-4-6-19(10-17(14)9-15)33-20-7-8-30-22(29)12-20;/h1-12H,(H2,29,30)(H,31,32);1H4. The number of nitrogen functional groups attached to an aromatic ring is 1. The number of nitriles is 1. The molecule has 6 nitrogen and oxygen atoms in total. The summed E-state index contributed by atoms with van der Waals surface area (Å²) in [4.78, 5) is 16.6. The summed E-state index contributed by atoms with van der Waals surface area (Å²) >= 11 is 0. The number of amides is 1. The molecule has 1 amide bonds. The van der Waals surface area contributed by atoms with Gasteiger partial charge < -0.3 is 15.8 Å². The molecular weight excluding hydrogens is 445 g/mol. The van der Waals surface area contributed by atoms with Crippen molar-refractivity contribution in [3.05, 3.63) is 89.6 Å². The monoisotopic (exact) mass is 464 g/mol. The summed E-state index contributed by atoms with van der Waals surface area (Å²) in [6.07, 6.45) is -3.20. The Balaban J connectivity index is 0.00000324. The summed E-state index contributed by atoms with van der Waals surface area (Å²) in [7, 11) is 0. The summed E-state index contributed by atoms with van der Waals surface area (Å²) in [5.74, 6) is 0.719. The number of nitrogens with two attached hydrogens (primary N) is 1. The first kappa shape index (κ1) is 24.1.